The summed E-state index contributed by atoms with van der Waals surface area (Å²) in [4.78, 5) is 23.8. The van der Waals surface area contributed by atoms with Crippen LogP contribution in [0.5, 0.6) is 5.75 Å². The third kappa shape index (κ3) is 8.14. The molecule has 30 heavy (non-hydrogen) atoms. The molecule has 2 N–H and O–H groups in total. The number of aldehydes is 1. The maximum Gasteiger partial charge on any atom is 0.317 e. The average molecular weight is 440 g/mol. The van der Waals surface area contributed by atoms with Crippen LogP contribution in [0.3, 0.4) is 0 Å². The van der Waals surface area contributed by atoms with Crippen molar-refractivity contribution in [2.24, 2.45) is 5.92 Å². The Labute approximate surface area is 183 Å². The van der Waals surface area contributed by atoms with Crippen LogP contribution < -0.4 is 14.8 Å². The molecule has 1 unspecified atom stereocenters. The van der Waals surface area contributed by atoms with E-state index in [4.69, 9.17) is 4.74 Å². The first kappa shape index (κ1) is 24.5. The Hall–Kier alpha value is -1.80. The molecule has 1 fully saturated rings. The first-order valence-corrected chi connectivity index (χ1v) is 11.6. The first-order chi connectivity index (χ1) is 14.5. The fourth-order valence-electron chi connectivity index (χ4n) is 3.00. The second-order valence-corrected chi connectivity index (χ2v) is 8.73. The number of unbranched alkanes of at least 4 members (excludes halogenated alkanes) is 2. The van der Waals surface area contributed by atoms with Crippen LogP contribution in [0, 0.1) is 18.7 Å². The van der Waals surface area contributed by atoms with Crippen LogP contribution in [0.2, 0.25) is 0 Å². The Morgan fingerprint density at radius 1 is 1.37 bits per heavy atom. The van der Waals surface area contributed by atoms with Gasteiger partial charge in [0, 0.05) is 31.0 Å². The van der Waals surface area contributed by atoms with E-state index in [1.807, 2.05) is 13.0 Å². The summed E-state index contributed by atoms with van der Waals surface area (Å²) in [6, 6.07) is 3.31. The summed E-state index contributed by atoms with van der Waals surface area (Å²) < 4.78 is 23.5. The van der Waals surface area contributed by atoms with E-state index in [0.29, 0.717) is 30.4 Å². The van der Waals surface area contributed by atoms with E-state index in [-0.39, 0.29) is 24.4 Å². The van der Waals surface area contributed by atoms with Crippen LogP contribution in [-0.4, -0.2) is 49.7 Å². The molecule has 0 spiro atoms. The molecule has 0 heterocycles. The van der Waals surface area contributed by atoms with Gasteiger partial charge in [-0.3, -0.25) is 4.72 Å². The standard InChI is InChI=1S/C22H34FN3O3S/c1-16-20(23)13-19(14-21(16)29-15-18-7-8-18)17(2)25-30-12-6-4-5-9-26(10-11-27)22(28)24-3/h11,13-14,17-18,25H,4-10,12,15H2,1-3H3,(H,24,28). The number of urea groups is 1. The molecule has 0 saturated heterocycles. The molecule has 1 aromatic rings. The summed E-state index contributed by atoms with van der Waals surface area (Å²) in [5, 5.41) is 2.55. The van der Waals surface area contributed by atoms with E-state index >= 15 is 0 Å². The molecule has 0 aliphatic heterocycles. The lowest BCUT2D eigenvalue weighted by Crippen LogP contribution is -2.39. The topological polar surface area (TPSA) is 70.7 Å². The highest BCUT2D eigenvalue weighted by Crippen LogP contribution is 2.32. The maximum absolute atomic E-state index is 14.3. The van der Waals surface area contributed by atoms with E-state index < -0.39 is 0 Å². The monoisotopic (exact) mass is 439 g/mol. The normalized spacial score (nSPS) is 14.3. The third-order valence-corrected chi connectivity index (χ3v) is 6.23. The van der Waals surface area contributed by atoms with Gasteiger partial charge in [-0.2, -0.15) is 0 Å². The van der Waals surface area contributed by atoms with Crippen molar-refractivity contribution in [1.29, 1.82) is 0 Å². The minimum absolute atomic E-state index is 0.00436. The number of benzene rings is 1. The van der Waals surface area contributed by atoms with Crippen molar-refractivity contribution >= 4 is 24.3 Å². The number of halogens is 1. The predicted molar refractivity (Wildman–Crippen MR) is 119 cm³/mol. The smallest absolute Gasteiger partial charge is 0.317 e. The van der Waals surface area contributed by atoms with Gasteiger partial charge in [-0.1, -0.05) is 18.4 Å². The summed E-state index contributed by atoms with van der Waals surface area (Å²) in [5.74, 6) is 1.96. The summed E-state index contributed by atoms with van der Waals surface area (Å²) in [7, 11) is 1.56. The van der Waals surface area contributed by atoms with E-state index in [9.17, 15) is 14.0 Å². The van der Waals surface area contributed by atoms with Crippen LogP contribution in [-0.2, 0) is 4.79 Å². The number of amides is 2. The zero-order valence-electron chi connectivity index (χ0n) is 18.2. The quantitative estimate of drug-likeness (QED) is 0.258. The molecule has 0 radical (unpaired) electrons. The Morgan fingerprint density at radius 3 is 2.80 bits per heavy atom. The zero-order chi connectivity index (χ0) is 21.9. The Bertz CT molecular complexity index is 700. The van der Waals surface area contributed by atoms with Crippen LogP contribution >= 0.6 is 11.9 Å². The molecule has 6 nitrogen and oxygen atoms in total. The molecular weight excluding hydrogens is 405 g/mol. The van der Waals surface area contributed by atoms with Crippen molar-refractivity contribution in [2.45, 2.75) is 52.0 Å². The zero-order valence-corrected chi connectivity index (χ0v) is 19.0. The largest absolute Gasteiger partial charge is 0.493 e. The number of hydrogen-bond donors (Lipinski definition) is 2. The summed E-state index contributed by atoms with van der Waals surface area (Å²) in [6.07, 6.45) is 5.96. The number of nitrogens with one attached hydrogen (secondary N) is 2. The lowest BCUT2D eigenvalue weighted by atomic mass is 10.1. The fraction of sp³-hybridized carbons (Fsp3) is 0.636. The first-order valence-electron chi connectivity index (χ1n) is 10.7. The van der Waals surface area contributed by atoms with E-state index in [1.54, 1.807) is 32.0 Å². The van der Waals surface area contributed by atoms with Gasteiger partial charge in [-0.05, 0) is 63.1 Å². The lowest BCUT2D eigenvalue weighted by molar-refractivity contribution is -0.108. The Balaban J connectivity index is 1.68. The highest BCUT2D eigenvalue weighted by Gasteiger charge is 2.23. The average Bonchev–Trinajstić information content (AvgIpc) is 3.56. The molecule has 0 bridgehead atoms. The predicted octanol–water partition coefficient (Wildman–Crippen LogP) is 4.23. The van der Waals surface area contributed by atoms with Crippen molar-refractivity contribution in [2.75, 3.05) is 32.5 Å². The van der Waals surface area contributed by atoms with Gasteiger partial charge in [-0.25, -0.2) is 9.18 Å². The molecule has 1 atom stereocenters. The van der Waals surface area contributed by atoms with Crippen molar-refractivity contribution in [3.05, 3.63) is 29.1 Å². The van der Waals surface area contributed by atoms with Gasteiger partial charge in [0.1, 0.15) is 17.9 Å². The second-order valence-electron chi connectivity index (χ2n) is 7.80. The molecule has 0 aromatic heterocycles. The fourth-order valence-corrected chi connectivity index (χ4v) is 3.85. The van der Waals surface area contributed by atoms with E-state index in [1.165, 1.54) is 17.7 Å². The van der Waals surface area contributed by atoms with E-state index in [0.717, 1.165) is 36.9 Å². The van der Waals surface area contributed by atoms with Gasteiger partial charge in [0.2, 0.25) is 0 Å². The Morgan fingerprint density at radius 2 is 2.13 bits per heavy atom. The summed E-state index contributed by atoms with van der Waals surface area (Å²) in [6.45, 7) is 5.13. The van der Waals surface area contributed by atoms with Crippen LogP contribution in [0.25, 0.3) is 0 Å². The number of carbonyl (C=O) groups is 2. The lowest BCUT2D eigenvalue weighted by Gasteiger charge is -2.19. The molecule has 2 rings (SSSR count). The number of ether oxygens (including phenoxy) is 1. The van der Waals surface area contributed by atoms with Gasteiger partial charge in [-0.15, -0.1) is 0 Å². The van der Waals surface area contributed by atoms with Gasteiger partial charge in [0.15, 0.2) is 0 Å². The van der Waals surface area contributed by atoms with Gasteiger partial charge in [0.05, 0.1) is 13.2 Å². The second kappa shape index (κ2) is 12.8. The molecule has 1 aliphatic carbocycles. The maximum atomic E-state index is 14.3. The van der Waals surface area contributed by atoms with Gasteiger partial charge >= 0.3 is 6.03 Å². The van der Waals surface area contributed by atoms with E-state index in [2.05, 4.69) is 10.0 Å². The summed E-state index contributed by atoms with van der Waals surface area (Å²) >= 11 is 1.62. The van der Waals surface area contributed by atoms with Crippen molar-refractivity contribution in [3.63, 3.8) is 0 Å². The third-order valence-electron chi connectivity index (χ3n) is 5.22. The van der Waals surface area contributed by atoms with Crippen LogP contribution in [0.4, 0.5) is 9.18 Å². The SMILES string of the molecule is CNC(=O)N(CC=O)CCCCCSNC(C)c1cc(F)c(C)c(OCC2CC2)c1. The number of rotatable bonds is 14. The molecule has 168 valence electrons. The van der Waals surface area contributed by atoms with Crippen LogP contribution in [0.15, 0.2) is 12.1 Å². The van der Waals surface area contributed by atoms with Crippen molar-refractivity contribution in [1.82, 2.24) is 14.9 Å². The Kier molecular flexibility index (Phi) is 10.4. The number of hydrogen-bond acceptors (Lipinski definition) is 5. The number of carbonyl (C=O) groups excluding carboxylic acids is 2. The highest BCUT2D eigenvalue weighted by atomic mass is 32.2. The molecular formula is C22H34FN3O3S. The van der Waals surface area contributed by atoms with Crippen LogP contribution in [0.1, 0.15) is 56.2 Å². The van der Waals surface area contributed by atoms with Gasteiger partial charge < -0.3 is 19.7 Å². The molecule has 1 saturated carbocycles. The van der Waals surface area contributed by atoms with Gasteiger partial charge in [0.25, 0.3) is 0 Å². The minimum atomic E-state index is -0.229. The molecule has 2 amide bonds. The molecule has 8 heteroatoms. The van der Waals surface area contributed by atoms with Crippen molar-refractivity contribution < 1.29 is 18.7 Å². The molecule has 1 aromatic carbocycles. The van der Waals surface area contributed by atoms with Crippen molar-refractivity contribution in [3.8, 4) is 5.75 Å². The highest BCUT2D eigenvalue weighted by molar-refractivity contribution is 7.97. The number of nitrogens with zero attached hydrogens (tertiary/aromatic N) is 1. The molecule has 1 aliphatic rings. The summed E-state index contributed by atoms with van der Waals surface area (Å²) in [5.41, 5.74) is 1.45. The minimum Gasteiger partial charge on any atom is -0.493 e.